The van der Waals surface area contributed by atoms with Crippen molar-refractivity contribution in [2.45, 2.75) is 32.7 Å². The molecule has 0 saturated carbocycles. The number of carbonyl (C=O) groups excluding carboxylic acids is 2. The number of hydrogen-bond donors (Lipinski definition) is 0. The van der Waals surface area contributed by atoms with Gasteiger partial charge < -0.3 is 9.64 Å². The molecular formula is C20H20FNO3. The van der Waals surface area contributed by atoms with Gasteiger partial charge in [0.05, 0.1) is 24.6 Å². The summed E-state index contributed by atoms with van der Waals surface area (Å²) in [5, 5.41) is 0. The van der Waals surface area contributed by atoms with E-state index >= 15 is 0 Å². The number of aryl methyl sites for hydroxylation is 1. The predicted molar refractivity (Wildman–Crippen MR) is 93.1 cm³/mol. The maximum atomic E-state index is 14.2. The van der Waals surface area contributed by atoms with Gasteiger partial charge in [-0.15, -0.1) is 0 Å². The minimum atomic E-state index is -0.733. The van der Waals surface area contributed by atoms with Crippen LogP contribution in [-0.2, 0) is 21.5 Å². The van der Waals surface area contributed by atoms with Crippen LogP contribution in [0.25, 0.3) is 0 Å². The molecule has 130 valence electrons. The molecule has 0 saturated heterocycles. The van der Waals surface area contributed by atoms with E-state index < -0.39 is 11.4 Å². The number of carbonyl (C=O) groups is 2. The largest absolute Gasteiger partial charge is 0.465 e. The Morgan fingerprint density at radius 2 is 1.96 bits per heavy atom. The Kier molecular flexibility index (Phi) is 4.11. The van der Waals surface area contributed by atoms with Crippen LogP contribution in [-0.4, -0.2) is 19.0 Å². The molecule has 0 aliphatic carbocycles. The zero-order valence-corrected chi connectivity index (χ0v) is 14.7. The van der Waals surface area contributed by atoms with E-state index in [1.807, 2.05) is 26.8 Å². The summed E-state index contributed by atoms with van der Waals surface area (Å²) in [6.45, 7) is 5.61. The van der Waals surface area contributed by atoms with Crippen LogP contribution in [0.5, 0.6) is 0 Å². The number of anilines is 1. The lowest BCUT2D eigenvalue weighted by molar-refractivity contribution is -0.122. The normalized spacial score (nSPS) is 15.2. The molecule has 0 bridgehead atoms. The van der Waals surface area contributed by atoms with Crippen LogP contribution in [0.4, 0.5) is 10.1 Å². The van der Waals surface area contributed by atoms with E-state index in [9.17, 15) is 14.0 Å². The molecule has 1 heterocycles. The van der Waals surface area contributed by atoms with Crippen molar-refractivity contribution >= 4 is 17.6 Å². The van der Waals surface area contributed by atoms with Crippen molar-refractivity contribution in [3.63, 3.8) is 0 Å². The first-order valence-corrected chi connectivity index (χ1v) is 8.06. The maximum absolute atomic E-state index is 14.2. The molecule has 1 aliphatic heterocycles. The number of ether oxygens (including phenoxy) is 1. The topological polar surface area (TPSA) is 46.6 Å². The zero-order valence-electron chi connectivity index (χ0n) is 14.7. The van der Waals surface area contributed by atoms with Crippen molar-refractivity contribution in [3.8, 4) is 0 Å². The standard InChI is InChI=1S/C20H20FNO3/c1-12-6-5-7-16(21)14(12)11-22-17-10-13(18(23)25-4)8-9-15(17)20(2,3)19(22)24/h5-10H,11H2,1-4H3. The van der Waals surface area contributed by atoms with E-state index in [0.29, 0.717) is 16.8 Å². The minimum absolute atomic E-state index is 0.118. The molecule has 0 fully saturated rings. The summed E-state index contributed by atoms with van der Waals surface area (Å²) in [5.41, 5.74) is 2.33. The summed E-state index contributed by atoms with van der Waals surface area (Å²) in [5.74, 6) is -0.933. The number of rotatable bonds is 3. The zero-order chi connectivity index (χ0) is 18.4. The first kappa shape index (κ1) is 17.1. The second kappa shape index (κ2) is 5.99. The molecule has 0 N–H and O–H groups in total. The van der Waals surface area contributed by atoms with E-state index in [1.165, 1.54) is 13.2 Å². The number of hydrogen-bond acceptors (Lipinski definition) is 3. The molecule has 5 heteroatoms. The summed E-state index contributed by atoms with van der Waals surface area (Å²) < 4.78 is 19.0. The minimum Gasteiger partial charge on any atom is -0.465 e. The molecule has 25 heavy (non-hydrogen) atoms. The van der Waals surface area contributed by atoms with Crippen molar-refractivity contribution in [1.82, 2.24) is 0 Å². The Morgan fingerprint density at radius 1 is 1.24 bits per heavy atom. The number of fused-ring (bicyclic) bond motifs is 1. The molecule has 2 aromatic carbocycles. The molecule has 0 radical (unpaired) electrons. The fourth-order valence-electron chi connectivity index (χ4n) is 3.27. The fraction of sp³-hybridized carbons (Fsp3) is 0.300. The van der Waals surface area contributed by atoms with Crippen LogP contribution in [0.3, 0.4) is 0 Å². The van der Waals surface area contributed by atoms with Gasteiger partial charge in [-0.1, -0.05) is 18.2 Å². The number of nitrogens with zero attached hydrogens (tertiary/aromatic N) is 1. The van der Waals surface area contributed by atoms with Gasteiger partial charge in [0.2, 0.25) is 5.91 Å². The summed E-state index contributed by atoms with van der Waals surface area (Å²) in [7, 11) is 1.31. The molecule has 0 aromatic heterocycles. The molecule has 1 amide bonds. The molecule has 1 aliphatic rings. The van der Waals surface area contributed by atoms with E-state index in [2.05, 4.69) is 0 Å². The molecule has 0 atom stereocenters. The highest BCUT2D eigenvalue weighted by Crippen LogP contribution is 2.43. The van der Waals surface area contributed by atoms with Crippen LogP contribution < -0.4 is 4.90 Å². The highest BCUT2D eigenvalue weighted by Gasteiger charge is 2.44. The number of esters is 1. The molecule has 2 aromatic rings. The lowest BCUT2D eigenvalue weighted by atomic mass is 9.86. The van der Waals surface area contributed by atoms with E-state index in [4.69, 9.17) is 4.74 Å². The highest BCUT2D eigenvalue weighted by molar-refractivity contribution is 6.08. The van der Waals surface area contributed by atoms with Gasteiger partial charge in [-0.25, -0.2) is 9.18 Å². The Hall–Kier alpha value is -2.69. The second-order valence-electron chi connectivity index (χ2n) is 6.78. The summed E-state index contributed by atoms with van der Waals surface area (Å²) in [6.07, 6.45) is 0. The Morgan fingerprint density at radius 3 is 2.60 bits per heavy atom. The Balaban J connectivity index is 2.10. The van der Waals surface area contributed by atoms with Crippen molar-refractivity contribution in [1.29, 1.82) is 0 Å². The first-order valence-electron chi connectivity index (χ1n) is 8.06. The average molecular weight is 341 g/mol. The smallest absolute Gasteiger partial charge is 0.337 e. The van der Waals surface area contributed by atoms with Crippen molar-refractivity contribution < 1.29 is 18.7 Å². The number of methoxy groups -OCH3 is 1. The Labute approximate surface area is 146 Å². The quantitative estimate of drug-likeness (QED) is 0.799. The van der Waals surface area contributed by atoms with Gasteiger partial charge in [-0.3, -0.25) is 4.79 Å². The fourth-order valence-corrected chi connectivity index (χ4v) is 3.27. The van der Waals surface area contributed by atoms with Crippen LogP contribution >= 0.6 is 0 Å². The van der Waals surface area contributed by atoms with Crippen molar-refractivity contribution in [2.75, 3.05) is 12.0 Å². The van der Waals surface area contributed by atoms with Gasteiger partial charge in [0.1, 0.15) is 5.82 Å². The lowest BCUT2D eigenvalue weighted by Crippen LogP contribution is -2.36. The summed E-state index contributed by atoms with van der Waals surface area (Å²) >= 11 is 0. The van der Waals surface area contributed by atoms with E-state index in [-0.39, 0.29) is 18.3 Å². The SMILES string of the molecule is COC(=O)c1ccc2c(c1)N(Cc1c(C)cccc1F)C(=O)C2(C)C. The van der Waals surface area contributed by atoms with Gasteiger partial charge in [-0.2, -0.15) is 0 Å². The third-order valence-electron chi connectivity index (χ3n) is 4.83. The summed E-state index contributed by atoms with van der Waals surface area (Å²) in [6, 6.07) is 9.91. The van der Waals surface area contributed by atoms with Gasteiger partial charge in [0.25, 0.3) is 0 Å². The van der Waals surface area contributed by atoms with Crippen molar-refractivity contribution in [3.05, 3.63) is 64.5 Å². The second-order valence-corrected chi connectivity index (χ2v) is 6.78. The number of halogens is 1. The monoisotopic (exact) mass is 341 g/mol. The van der Waals surface area contributed by atoms with Gasteiger partial charge in [-0.05, 0) is 50.1 Å². The van der Waals surface area contributed by atoms with Gasteiger partial charge in [0.15, 0.2) is 0 Å². The molecule has 4 nitrogen and oxygen atoms in total. The maximum Gasteiger partial charge on any atom is 0.337 e. The van der Waals surface area contributed by atoms with Crippen LogP contribution in [0.15, 0.2) is 36.4 Å². The predicted octanol–water partition coefficient (Wildman–Crippen LogP) is 3.75. The third-order valence-corrected chi connectivity index (χ3v) is 4.83. The lowest BCUT2D eigenvalue weighted by Gasteiger charge is -2.21. The van der Waals surface area contributed by atoms with Crippen LogP contribution in [0.1, 0.15) is 40.9 Å². The molecular weight excluding hydrogens is 321 g/mol. The summed E-state index contributed by atoms with van der Waals surface area (Å²) in [4.78, 5) is 26.3. The van der Waals surface area contributed by atoms with E-state index in [1.54, 1.807) is 29.2 Å². The molecule has 0 spiro atoms. The third kappa shape index (κ3) is 2.69. The van der Waals surface area contributed by atoms with Crippen LogP contribution in [0.2, 0.25) is 0 Å². The number of benzene rings is 2. The van der Waals surface area contributed by atoms with Gasteiger partial charge in [0, 0.05) is 11.3 Å². The Bertz CT molecular complexity index is 853. The first-order chi connectivity index (χ1) is 11.8. The van der Waals surface area contributed by atoms with Crippen LogP contribution in [0, 0.1) is 12.7 Å². The van der Waals surface area contributed by atoms with Gasteiger partial charge >= 0.3 is 5.97 Å². The molecule has 3 rings (SSSR count). The van der Waals surface area contributed by atoms with E-state index in [0.717, 1.165) is 11.1 Å². The highest BCUT2D eigenvalue weighted by atomic mass is 19.1. The molecule has 0 unspecified atom stereocenters. The van der Waals surface area contributed by atoms with Crippen molar-refractivity contribution in [2.24, 2.45) is 0 Å². The average Bonchev–Trinajstić information content (AvgIpc) is 2.77. The number of amides is 1.